The number of carbonyl (C=O) groups excluding carboxylic acids is 1. The van der Waals surface area contributed by atoms with Crippen molar-refractivity contribution in [3.63, 3.8) is 0 Å². The number of carbonyl (C=O) groups is 1. The lowest BCUT2D eigenvalue weighted by molar-refractivity contribution is -0.115. The molecule has 0 atom stereocenters. The summed E-state index contributed by atoms with van der Waals surface area (Å²) in [5.74, 6) is 1.66. The quantitative estimate of drug-likeness (QED) is 0.907. The molecule has 0 aliphatic heterocycles. The van der Waals surface area contributed by atoms with Crippen LogP contribution in [0, 0.1) is 0 Å². The number of benzene rings is 1. The average Bonchev–Trinajstić information content (AvgIpc) is 2.48. The van der Waals surface area contributed by atoms with E-state index in [1.807, 2.05) is 12.1 Å². The molecule has 1 heterocycles. The summed E-state index contributed by atoms with van der Waals surface area (Å²) in [5.41, 5.74) is 0.844. The molecule has 0 radical (unpaired) electrons. The van der Waals surface area contributed by atoms with Gasteiger partial charge in [-0.1, -0.05) is 12.1 Å². The predicted octanol–water partition coefficient (Wildman–Crippen LogP) is 2.28. The van der Waals surface area contributed by atoms with Gasteiger partial charge in [-0.2, -0.15) is 0 Å². The van der Waals surface area contributed by atoms with Gasteiger partial charge in [0.2, 0.25) is 5.91 Å². The summed E-state index contributed by atoms with van der Waals surface area (Å²) < 4.78 is 10.4. The number of hydrogen-bond donors (Lipinski definition) is 1. The van der Waals surface area contributed by atoms with Gasteiger partial charge in [0.05, 0.1) is 20.6 Å². The summed E-state index contributed by atoms with van der Waals surface area (Å²) in [4.78, 5) is 16.0. The number of ether oxygens (including phenoxy) is 2. The summed E-state index contributed by atoms with van der Waals surface area (Å²) in [6, 6.07) is 10.8. The molecule has 1 amide bonds. The third-order valence-electron chi connectivity index (χ3n) is 2.75. The number of nitrogens with one attached hydrogen (secondary N) is 1. The van der Waals surface area contributed by atoms with Crippen LogP contribution in [0.4, 0.5) is 5.82 Å². The predicted molar refractivity (Wildman–Crippen MR) is 76.1 cm³/mol. The van der Waals surface area contributed by atoms with Crippen LogP contribution in [0.1, 0.15) is 5.56 Å². The molecule has 1 N–H and O–H groups in total. The minimum atomic E-state index is -0.129. The van der Waals surface area contributed by atoms with Gasteiger partial charge in [0, 0.05) is 6.20 Å². The van der Waals surface area contributed by atoms with E-state index in [0.717, 1.165) is 5.56 Å². The second-order valence-corrected chi connectivity index (χ2v) is 4.13. The van der Waals surface area contributed by atoms with E-state index in [4.69, 9.17) is 9.47 Å². The Labute approximate surface area is 117 Å². The number of pyridine rings is 1. The Kier molecular flexibility index (Phi) is 4.55. The smallest absolute Gasteiger partial charge is 0.229 e. The van der Waals surface area contributed by atoms with E-state index < -0.39 is 0 Å². The van der Waals surface area contributed by atoms with E-state index in [9.17, 15) is 4.79 Å². The van der Waals surface area contributed by atoms with Crippen LogP contribution in [-0.2, 0) is 11.2 Å². The van der Waals surface area contributed by atoms with E-state index >= 15 is 0 Å². The highest BCUT2D eigenvalue weighted by Gasteiger charge is 2.08. The first-order chi connectivity index (χ1) is 9.72. The summed E-state index contributed by atoms with van der Waals surface area (Å²) in [7, 11) is 3.14. The number of nitrogens with zero attached hydrogens (tertiary/aromatic N) is 1. The molecule has 5 nitrogen and oxygen atoms in total. The molecule has 0 saturated carbocycles. The molecule has 0 bridgehead atoms. The highest BCUT2D eigenvalue weighted by molar-refractivity contribution is 5.91. The molecule has 0 spiro atoms. The Bertz CT molecular complexity index is 585. The van der Waals surface area contributed by atoms with Crippen LogP contribution in [0.5, 0.6) is 11.5 Å². The standard InChI is InChI=1S/C15H16N2O3/c1-19-12-7-6-11(9-13(12)20-2)10-15(18)17-14-5-3-4-8-16-14/h3-9H,10H2,1-2H3,(H,16,17,18). The van der Waals surface area contributed by atoms with Crippen LogP contribution < -0.4 is 14.8 Å². The van der Waals surface area contributed by atoms with E-state index in [2.05, 4.69) is 10.3 Å². The summed E-state index contributed by atoms with van der Waals surface area (Å²) in [5, 5.41) is 2.73. The van der Waals surface area contributed by atoms with Crippen molar-refractivity contribution in [3.8, 4) is 11.5 Å². The zero-order valence-electron chi connectivity index (χ0n) is 11.4. The average molecular weight is 272 g/mol. The van der Waals surface area contributed by atoms with Gasteiger partial charge in [-0.25, -0.2) is 4.98 Å². The second-order valence-electron chi connectivity index (χ2n) is 4.13. The molecule has 0 aliphatic rings. The maximum Gasteiger partial charge on any atom is 0.229 e. The van der Waals surface area contributed by atoms with Crippen molar-refractivity contribution in [1.29, 1.82) is 0 Å². The minimum Gasteiger partial charge on any atom is -0.493 e. The molecule has 1 aromatic carbocycles. The first-order valence-corrected chi connectivity index (χ1v) is 6.14. The van der Waals surface area contributed by atoms with Crippen LogP contribution in [0.2, 0.25) is 0 Å². The molecular formula is C15H16N2O3. The third-order valence-corrected chi connectivity index (χ3v) is 2.75. The Morgan fingerprint density at radius 1 is 1.15 bits per heavy atom. The largest absolute Gasteiger partial charge is 0.493 e. The summed E-state index contributed by atoms with van der Waals surface area (Å²) in [6.45, 7) is 0. The zero-order valence-corrected chi connectivity index (χ0v) is 11.4. The highest BCUT2D eigenvalue weighted by Crippen LogP contribution is 2.27. The van der Waals surface area contributed by atoms with Gasteiger partial charge in [-0.3, -0.25) is 4.79 Å². The van der Waals surface area contributed by atoms with Crippen molar-refractivity contribution < 1.29 is 14.3 Å². The van der Waals surface area contributed by atoms with E-state index in [1.165, 1.54) is 0 Å². The van der Waals surface area contributed by atoms with Gasteiger partial charge in [0.25, 0.3) is 0 Å². The van der Waals surface area contributed by atoms with Crippen molar-refractivity contribution in [3.05, 3.63) is 48.2 Å². The second kappa shape index (κ2) is 6.56. The van der Waals surface area contributed by atoms with Gasteiger partial charge in [0.1, 0.15) is 5.82 Å². The number of amides is 1. The first kappa shape index (κ1) is 13.9. The summed E-state index contributed by atoms with van der Waals surface area (Å²) >= 11 is 0. The lowest BCUT2D eigenvalue weighted by Crippen LogP contribution is -2.15. The molecule has 104 valence electrons. The molecule has 0 aliphatic carbocycles. The Morgan fingerprint density at radius 3 is 2.60 bits per heavy atom. The number of rotatable bonds is 5. The SMILES string of the molecule is COc1ccc(CC(=O)Nc2ccccn2)cc1OC. The van der Waals surface area contributed by atoms with Crippen LogP contribution in [0.3, 0.4) is 0 Å². The Balaban J connectivity index is 2.04. The monoisotopic (exact) mass is 272 g/mol. The molecule has 5 heteroatoms. The van der Waals surface area contributed by atoms with Crippen molar-refractivity contribution in [2.24, 2.45) is 0 Å². The highest BCUT2D eigenvalue weighted by atomic mass is 16.5. The molecule has 2 rings (SSSR count). The molecular weight excluding hydrogens is 256 g/mol. The van der Waals surface area contributed by atoms with E-state index in [1.54, 1.807) is 44.7 Å². The van der Waals surface area contributed by atoms with Crippen LogP contribution in [-0.4, -0.2) is 25.1 Å². The normalized spacial score (nSPS) is 9.90. The number of methoxy groups -OCH3 is 2. The third kappa shape index (κ3) is 3.47. The van der Waals surface area contributed by atoms with Crippen molar-refractivity contribution in [1.82, 2.24) is 4.98 Å². The van der Waals surface area contributed by atoms with Crippen LogP contribution in [0.25, 0.3) is 0 Å². The first-order valence-electron chi connectivity index (χ1n) is 6.14. The Morgan fingerprint density at radius 2 is 1.95 bits per heavy atom. The fourth-order valence-corrected chi connectivity index (χ4v) is 1.80. The van der Waals surface area contributed by atoms with Gasteiger partial charge in [-0.05, 0) is 29.8 Å². The van der Waals surface area contributed by atoms with Crippen LogP contribution >= 0.6 is 0 Å². The van der Waals surface area contributed by atoms with Crippen LogP contribution in [0.15, 0.2) is 42.6 Å². The Hall–Kier alpha value is -2.56. The number of aromatic nitrogens is 1. The molecule has 2 aromatic rings. The maximum atomic E-state index is 11.9. The lowest BCUT2D eigenvalue weighted by Gasteiger charge is -2.09. The fraction of sp³-hybridized carbons (Fsp3) is 0.200. The topological polar surface area (TPSA) is 60.5 Å². The van der Waals surface area contributed by atoms with Gasteiger partial charge in [-0.15, -0.1) is 0 Å². The zero-order chi connectivity index (χ0) is 14.4. The van der Waals surface area contributed by atoms with Gasteiger partial charge < -0.3 is 14.8 Å². The molecule has 20 heavy (non-hydrogen) atoms. The molecule has 0 unspecified atom stereocenters. The number of anilines is 1. The summed E-state index contributed by atoms with van der Waals surface area (Å²) in [6.07, 6.45) is 1.88. The molecule has 0 saturated heterocycles. The van der Waals surface area contributed by atoms with Gasteiger partial charge >= 0.3 is 0 Å². The van der Waals surface area contributed by atoms with Crippen molar-refractivity contribution in [2.45, 2.75) is 6.42 Å². The molecule has 0 fully saturated rings. The van der Waals surface area contributed by atoms with Crippen molar-refractivity contribution >= 4 is 11.7 Å². The maximum absolute atomic E-state index is 11.9. The molecule has 1 aromatic heterocycles. The lowest BCUT2D eigenvalue weighted by atomic mass is 10.1. The van der Waals surface area contributed by atoms with Gasteiger partial charge in [0.15, 0.2) is 11.5 Å². The minimum absolute atomic E-state index is 0.129. The van der Waals surface area contributed by atoms with E-state index in [0.29, 0.717) is 17.3 Å². The fourth-order valence-electron chi connectivity index (χ4n) is 1.80. The van der Waals surface area contributed by atoms with E-state index in [-0.39, 0.29) is 12.3 Å². The van der Waals surface area contributed by atoms with Crippen molar-refractivity contribution in [2.75, 3.05) is 19.5 Å². The number of hydrogen-bond acceptors (Lipinski definition) is 4.